The van der Waals surface area contributed by atoms with Crippen LogP contribution in [0.2, 0.25) is 0 Å². The first-order valence-corrected chi connectivity index (χ1v) is 4.85. The molecule has 0 saturated heterocycles. The average molecular weight is 182 g/mol. The van der Waals surface area contributed by atoms with Crippen LogP contribution in [0.15, 0.2) is 16.8 Å². The molecule has 0 atom stereocenters. The Labute approximate surface area is 75.2 Å². The van der Waals surface area contributed by atoms with Crippen molar-refractivity contribution in [3.63, 3.8) is 0 Å². The number of ether oxygens (including phenoxy) is 1. The van der Waals surface area contributed by atoms with Crippen molar-refractivity contribution in [1.29, 1.82) is 0 Å². The van der Waals surface area contributed by atoms with Crippen molar-refractivity contribution < 1.29 is 9.53 Å². The van der Waals surface area contributed by atoms with E-state index in [4.69, 9.17) is 4.74 Å². The van der Waals surface area contributed by atoms with Crippen LogP contribution in [0, 0.1) is 0 Å². The summed E-state index contributed by atoms with van der Waals surface area (Å²) in [5.41, 5.74) is 0.855. The van der Waals surface area contributed by atoms with Crippen LogP contribution in [0.1, 0.15) is 18.4 Å². The normalized spacial score (nSPS) is 18.8. The monoisotopic (exact) mass is 182 g/mol. The van der Waals surface area contributed by atoms with E-state index < -0.39 is 0 Å². The maximum absolute atomic E-state index is 11.4. The van der Waals surface area contributed by atoms with Crippen LogP contribution in [0.5, 0.6) is 0 Å². The Morgan fingerprint density at radius 2 is 2.42 bits per heavy atom. The van der Waals surface area contributed by atoms with E-state index in [0.717, 1.165) is 18.4 Å². The molecule has 2 rings (SSSR count). The van der Waals surface area contributed by atoms with Gasteiger partial charge in [-0.1, -0.05) is 0 Å². The summed E-state index contributed by atoms with van der Waals surface area (Å²) in [5, 5.41) is 4.03. The summed E-state index contributed by atoms with van der Waals surface area (Å²) in [6.45, 7) is 0. The zero-order chi connectivity index (χ0) is 8.60. The number of carbonyl (C=O) groups excluding carboxylic acids is 1. The molecule has 2 nitrogen and oxygen atoms in total. The molecule has 12 heavy (non-hydrogen) atoms. The standard InChI is InChI=1S/C9H10O2S/c1-11-8(10)9(3-4-9)7-2-5-12-6-7/h2,5-6H,3-4H2,1H3. The lowest BCUT2D eigenvalue weighted by atomic mass is 10.00. The Bertz CT molecular complexity index is 285. The summed E-state index contributed by atoms with van der Waals surface area (Å²) in [5.74, 6) is -0.0825. The van der Waals surface area contributed by atoms with Gasteiger partial charge in [-0.25, -0.2) is 0 Å². The number of thiophene rings is 1. The minimum Gasteiger partial charge on any atom is -0.468 e. The summed E-state index contributed by atoms with van der Waals surface area (Å²) >= 11 is 1.63. The largest absolute Gasteiger partial charge is 0.468 e. The van der Waals surface area contributed by atoms with E-state index in [-0.39, 0.29) is 11.4 Å². The second kappa shape index (κ2) is 2.59. The molecule has 1 aromatic heterocycles. The molecular weight excluding hydrogens is 172 g/mol. The van der Waals surface area contributed by atoms with Crippen LogP contribution < -0.4 is 0 Å². The molecular formula is C9H10O2S. The molecule has 64 valence electrons. The topological polar surface area (TPSA) is 26.3 Å². The molecule has 1 aliphatic rings. The molecule has 0 spiro atoms. The van der Waals surface area contributed by atoms with Crippen LogP contribution in [0.4, 0.5) is 0 Å². The van der Waals surface area contributed by atoms with E-state index in [1.807, 2.05) is 16.8 Å². The number of rotatable bonds is 2. The molecule has 1 saturated carbocycles. The molecule has 0 N–H and O–H groups in total. The third-order valence-corrected chi connectivity index (χ3v) is 3.08. The van der Waals surface area contributed by atoms with Crippen molar-refractivity contribution in [2.45, 2.75) is 18.3 Å². The fourth-order valence-electron chi connectivity index (χ4n) is 1.47. The molecule has 0 unspecified atom stereocenters. The minimum atomic E-state index is -0.269. The Morgan fingerprint density at radius 1 is 1.67 bits per heavy atom. The fourth-order valence-corrected chi connectivity index (χ4v) is 2.22. The van der Waals surface area contributed by atoms with Gasteiger partial charge in [0.1, 0.15) is 0 Å². The van der Waals surface area contributed by atoms with Crippen LogP contribution >= 0.6 is 11.3 Å². The van der Waals surface area contributed by atoms with Crippen molar-refractivity contribution in [2.24, 2.45) is 0 Å². The molecule has 0 bridgehead atoms. The van der Waals surface area contributed by atoms with Gasteiger partial charge in [0.25, 0.3) is 0 Å². The Balaban J connectivity index is 2.28. The number of methoxy groups -OCH3 is 1. The SMILES string of the molecule is COC(=O)C1(c2ccsc2)CC1. The molecule has 3 heteroatoms. The molecule has 0 amide bonds. The van der Waals surface area contributed by atoms with Crippen LogP contribution in [-0.2, 0) is 14.9 Å². The van der Waals surface area contributed by atoms with Gasteiger partial charge in [0.15, 0.2) is 0 Å². The molecule has 1 fully saturated rings. The number of hydrogen-bond acceptors (Lipinski definition) is 3. The molecule has 1 heterocycles. The van der Waals surface area contributed by atoms with Crippen molar-refractivity contribution in [3.8, 4) is 0 Å². The fraction of sp³-hybridized carbons (Fsp3) is 0.444. The number of carbonyl (C=O) groups is 1. The van der Waals surface area contributed by atoms with Gasteiger partial charge in [0, 0.05) is 0 Å². The lowest BCUT2D eigenvalue weighted by Crippen LogP contribution is -2.20. The van der Waals surface area contributed by atoms with Gasteiger partial charge in [-0.15, -0.1) is 0 Å². The first kappa shape index (κ1) is 7.80. The Kier molecular flexibility index (Phi) is 1.68. The van der Waals surface area contributed by atoms with Crippen molar-refractivity contribution in [3.05, 3.63) is 22.4 Å². The molecule has 0 radical (unpaired) electrons. The highest BCUT2D eigenvalue weighted by molar-refractivity contribution is 7.08. The third kappa shape index (κ3) is 0.966. The highest BCUT2D eigenvalue weighted by Crippen LogP contribution is 2.49. The lowest BCUT2D eigenvalue weighted by Gasteiger charge is -2.09. The minimum absolute atomic E-state index is 0.0825. The Hall–Kier alpha value is -0.830. The molecule has 1 aromatic rings. The van der Waals surface area contributed by atoms with Crippen LogP contribution in [-0.4, -0.2) is 13.1 Å². The summed E-state index contributed by atoms with van der Waals surface area (Å²) in [6, 6.07) is 2.01. The maximum Gasteiger partial charge on any atom is 0.316 e. The average Bonchev–Trinajstić information content (AvgIpc) is 2.73. The smallest absolute Gasteiger partial charge is 0.316 e. The summed E-state index contributed by atoms with van der Waals surface area (Å²) < 4.78 is 4.77. The van der Waals surface area contributed by atoms with Gasteiger partial charge in [-0.3, -0.25) is 4.79 Å². The van der Waals surface area contributed by atoms with E-state index in [0.29, 0.717) is 0 Å². The Morgan fingerprint density at radius 3 is 2.83 bits per heavy atom. The molecule has 0 aromatic carbocycles. The summed E-state index contributed by atoms with van der Waals surface area (Å²) in [6.07, 6.45) is 1.88. The van der Waals surface area contributed by atoms with Gasteiger partial charge in [-0.2, -0.15) is 11.3 Å². The molecule has 0 aliphatic heterocycles. The first-order valence-electron chi connectivity index (χ1n) is 3.91. The van der Waals surface area contributed by atoms with Crippen LogP contribution in [0.25, 0.3) is 0 Å². The van der Waals surface area contributed by atoms with E-state index >= 15 is 0 Å². The van der Waals surface area contributed by atoms with E-state index in [2.05, 4.69) is 0 Å². The summed E-state index contributed by atoms with van der Waals surface area (Å²) in [4.78, 5) is 11.4. The number of esters is 1. The highest BCUT2D eigenvalue weighted by atomic mass is 32.1. The van der Waals surface area contributed by atoms with E-state index in [9.17, 15) is 4.79 Å². The zero-order valence-electron chi connectivity index (χ0n) is 6.87. The van der Waals surface area contributed by atoms with Crippen LogP contribution in [0.3, 0.4) is 0 Å². The second-order valence-electron chi connectivity index (χ2n) is 3.09. The first-order chi connectivity index (χ1) is 5.79. The van der Waals surface area contributed by atoms with Gasteiger partial charge in [-0.05, 0) is 35.2 Å². The van der Waals surface area contributed by atoms with E-state index in [1.54, 1.807) is 11.3 Å². The number of hydrogen-bond donors (Lipinski definition) is 0. The second-order valence-corrected chi connectivity index (χ2v) is 3.87. The van der Waals surface area contributed by atoms with Crippen molar-refractivity contribution >= 4 is 17.3 Å². The van der Waals surface area contributed by atoms with Crippen molar-refractivity contribution in [2.75, 3.05) is 7.11 Å². The van der Waals surface area contributed by atoms with Gasteiger partial charge < -0.3 is 4.74 Å². The summed E-state index contributed by atoms with van der Waals surface area (Å²) in [7, 11) is 1.45. The van der Waals surface area contributed by atoms with E-state index in [1.165, 1.54) is 7.11 Å². The predicted molar refractivity (Wildman–Crippen MR) is 47.2 cm³/mol. The van der Waals surface area contributed by atoms with Gasteiger partial charge in [0.05, 0.1) is 12.5 Å². The van der Waals surface area contributed by atoms with Crippen molar-refractivity contribution in [1.82, 2.24) is 0 Å². The van der Waals surface area contributed by atoms with Gasteiger partial charge in [0.2, 0.25) is 0 Å². The lowest BCUT2D eigenvalue weighted by molar-refractivity contribution is -0.143. The highest BCUT2D eigenvalue weighted by Gasteiger charge is 2.52. The zero-order valence-corrected chi connectivity index (χ0v) is 7.69. The predicted octanol–water partition coefficient (Wildman–Crippen LogP) is 1.95. The quantitative estimate of drug-likeness (QED) is 0.653. The third-order valence-electron chi connectivity index (χ3n) is 2.40. The van der Waals surface area contributed by atoms with Gasteiger partial charge >= 0.3 is 5.97 Å². The molecule has 1 aliphatic carbocycles. The maximum atomic E-state index is 11.4.